The predicted octanol–water partition coefficient (Wildman–Crippen LogP) is 7.24. The zero-order valence-corrected chi connectivity index (χ0v) is 25.3. The summed E-state index contributed by atoms with van der Waals surface area (Å²) in [6.45, 7) is 3.71. The van der Waals surface area contributed by atoms with E-state index in [9.17, 15) is 29.4 Å². The lowest BCUT2D eigenvalue weighted by atomic mass is 10.1. The highest BCUT2D eigenvalue weighted by Gasteiger charge is 2.37. The van der Waals surface area contributed by atoms with Gasteiger partial charge in [-0.2, -0.15) is 5.09 Å². The first-order valence-electron chi connectivity index (χ1n) is 14.6. The molecule has 2 rings (SSSR count). The fraction of sp³-hybridized carbons (Fsp3) is 0.533. The van der Waals surface area contributed by atoms with E-state index in [2.05, 4.69) is 12.0 Å². The molecule has 0 fully saturated rings. The van der Waals surface area contributed by atoms with Crippen LogP contribution in [0.15, 0.2) is 54.6 Å². The number of nitrogens with one attached hydrogen (secondary N) is 1. The van der Waals surface area contributed by atoms with Crippen LogP contribution in [0.1, 0.15) is 83.6 Å². The Morgan fingerprint density at radius 1 is 0.929 bits per heavy atom. The molecule has 0 amide bonds. The van der Waals surface area contributed by atoms with Crippen molar-refractivity contribution in [2.24, 2.45) is 0 Å². The fourth-order valence-corrected chi connectivity index (χ4v) is 5.85. The highest BCUT2D eigenvalue weighted by atomic mass is 31.2. The second kappa shape index (κ2) is 19.0. The Bertz CT molecular complexity index is 1150. The van der Waals surface area contributed by atoms with Crippen molar-refractivity contribution in [2.75, 3.05) is 6.61 Å². The monoisotopic (exact) mass is 606 g/mol. The zero-order chi connectivity index (χ0) is 30.8. The van der Waals surface area contributed by atoms with Gasteiger partial charge in [-0.1, -0.05) is 95.0 Å². The van der Waals surface area contributed by atoms with Crippen molar-refractivity contribution in [3.05, 3.63) is 70.3 Å². The van der Waals surface area contributed by atoms with E-state index >= 15 is 0 Å². The van der Waals surface area contributed by atoms with Crippen molar-refractivity contribution in [1.82, 2.24) is 5.09 Å². The Morgan fingerprint density at radius 3 is 2.05 bits per heavy atom. The molecule has 2 aromatic carbocycles. The largest absolute Gasteiger partial charge is 0.480 e. The number of hydrogen-bond acceptors (Lipinski definition) is 8. The molecule has 42 heavy (non-hydrogen) atoms. The minimum absolute atomic E-state index is 0.0509. The molecule has 2 N–H and O–H groups in total. The molecule has 0 aliphatic carbocycles. The minimum Gasteiger partial charge on any atom is -0.480 e. The van der Waals surface area contributed by atoms with E-state index < -0.39 is 36.8 Å². The van der Waals surface area contributed by atoms with Crippen LogP contribution in [0, 0.1) is 10.1 Å². The standard InChI is InChI=1S/C30H43N2O9P/c1-3-4-5-6-7-8-9-10-11-15-22-39-30(35)24(2)40-42(38,41-27-20-18-26(19-21-27)32(36)37)31-28(29(33)34)23-25-16-13-12-14-17-25/h12-14,16-21,24,28H,3-11,15,22-23H2,1-2H3,(H,31,38)(H,33,34). The quantitative estimate of drug-likeness (QED) is 0.0461. The van der Waals surface area contributed by atoms with Crippen LogP contribution in [0.4, 0.5) is 5.69 Å². The number of nitro benzene ring substituents is 1. The first-order valence-corrected chi connectivity index (χ1v) is 16.1. The Labute approximate surface area is 247 Å². The number of non-ortho nitro benzene ring substituents is 1. The molecule has 0 bridgehead atoms. The maximum absolute atomic E-state index is 13.8. The lowest BCUT2D eigenvalue weighted by Crippen LogP contribution is -2.39. The molecule has 3 atom stereocenters. The van der Waals surface area contributed by atoms with Crippen molar-refractivity contribution in [2.45, 2.75) is 96.6 Å². The second-order valence-electron chi connectivity index (χ2n) is 10.1. The maximum atomic E-state index is 13.8. The molecule has 0 saturated carbocycles. The van der Waals surface area contributed by atoms with Gasteiger partial charge < -0.3 is 14.4 Å². The van der Waals surface area contributed by atoms with Gasteiger partial charge in [-0.25, -0.2) is 9.36 Å². The number of nitrogens with zero attached hydrogens (tertiary/aromatic N) is 1. The van der Waals surface area contributed by atoms with Gasteiger partial charge in [0.2, 0.25) is 0 Å². The number of aliphatic carboxylic acids is 1. The first-order chi connectivity index (χ1) is 20.1. The van der Waals surface area contributed by atoms with E-state index in [-0.39, 0.29) is 24.5 Å². The number of benzene rings is 2. The molecule has 0 radical (unpaired) electrons. The summed E-state index contributed by atoms with van der Waals surface area (Å²) in [5.74, 6) is -2.16. The summed E-state index contributed by atoms with van der Waals surface area (Å²) in [5, 5.41) is 23.2. The van der Waals surface area contributed by atoms with Gasteiger partial charge in [-0.15, -0.1) is 0 Å². The summed E-state index contributed by atoms with van der Waals surface area (Å²) in [6.07, 6.45) is 9.92. The molecule has 11 nitrogen and oxygen atoms in total. The van der Waals surface area contributed by atoms with Crippen LogP contribution < -0.4 is 9.61 Å². The number of hydrogen-bond donors (Lipinski definition) is 2. The van der Waals surface area contributed by atoms with E-state index in [1.54, 1.807) is 30.3 Å². The van der Waals surface area contributed by atoms with E-state index in [0.717, 1.165) is 31.4 Å². The SMILES string of the molecule is CCCCCCCCCCCCOC(=O)C(C)OP(=O)(NC(Cc1ccccc1)C(=O)O)Oc1ccc([N+](=O)[O-])cc1. The number of carboxylic acid groups (broad SMARTS) is 1. The van der Waals surface area contributed by atoms with E-state index in [4.69, 9.17) is 13.8 Å². The number of carboxylic acids is 1. The van der Waals surface area contributed by atoms with E-state index in [1.807, 2.05) is 0 Å². The Morgan fingerprint density at radius 2 is 1.50 bits per heavy atom. The van der Waals surface area contributed by atoms with Crippen molar-refractivity contribution >= 4 is 25.4 Å². The third-order valence-electron chi connectivity index (χ3n) is 6.54. The van der Waals surface area contributed by atoms with Gasteiger partial charge in [0.1, 0.15) is 11.8 Å². The Hall–Kier alpha value is -3.27. The van der Waals surface area contributed by atoms with Crippen molar-refractivity contribution in [1.29, 1.82) is 0 Å². The van der Waals surface area contributed by atoms with Gasteiger partial charge in [0.15, 0.2) is 6.10 Å². The molecule has 2 aromatic rings. The average molecular weight is 607 g/mol. The molecule has 0 saturated heterocycles. The van der Waals surface area contributed by atoms with Crippen LogP contribution in [0.3, 0.4) is 0 Å². The number of unbranched alkanes of at least 4 members (excludes halogenated alkanes) is 9. The second-order valence-corrected chi connectivity index (χ2v) is 11.8. The molecule has 232 valence electrons. The summed E-state index contributed by atoms with van der Waals surface area (Å²) in [7, 11) is -4.51. The van der Waals surface area contributed by atoms with Gasteiger partial charge in [0.05, 0.1) is 11.5 Å². The van der Waals surface area contributed by atoms with Crippen LogP contribution in [-0.4, -0.2) is 40.7 Å². The van der Waals surface area contributed by atoms with Crippen LogP contribution >= 0.6 is 7.75 Å². The maximum Gasteiger partial charge on any atom is 0.460 e. The molecular formula is C30H43N2O9P. The van der Waals surface area contributed by atoms with Crippen LogP contribution in [0.2, 0.25) is 0 Å². The average Bonchev–Trinajstić information content (AvgIpc) is 2.96. The number of ether oxygens (including phenoxy) is 1. The summed E-state index contributed by atoms with van der Waals surface area (Å²) in [5.41, 5.74) is 0.436. The van der Waals surface area contributed by atoms with Crippen LogP contribution in [0.25, 0.3) is 0 Å². The number of carbonyl (C=O) groups excluding carboxylic acids is 1. The lowest BCUT2D eigenvalue weighted by molar-refractivity contribution is -0.384. The number of rotatable bonds is 22. The summed E-state index contributed by atoms with van der Waals surface area (Å²) >= 11 is 0. The van der Waals surface area contributed by atoms with Gasteiger partial charge in [0, 0.05) is 12.1 Å². The third-order valence-corrected chi connectivity index (χ3v) is 8.21. The topological polar surface area (TPSA) is 154 Å². The highest BCUT2D eigenvalue weighted by molar-refractivity contribution is 7.52. The van der Waals surface area contributed by atoms with Crippen LogP contribution in [0.5, 0.6) is 5.75 Å². The first kappa shape index (κ1) is 34.9. The fourth-order valence-electron chi connectivity index (χ4n) is 4.21. The van der Waals surface area contributed by atoms with E-state index in [0.29, 0.717) is 12.0 Å². The van der Waals surface area contributed by atoms with Crippen molar-refractivity contribution < 1.29 is 38.0 Å². The Balaban J connectivity index is 1.97. The molecular weight excluding hydrogens is 563 g/mol. The van der Waals surface area contributed by atoms with Gasteiger partial charge in [-0.05, 0) is 37.5 Å². The van der Waals surface area contributed by atoms with E-state index in [1.165, 1.54) is 57.6 Å². The molecule has 12 heteroatoms. The molecule has 0 heterocycles. The predicted molar refractivity (Wildman–Crippen MR) is 159 cm³/mol. The molecule has 0 aromatic heterocycles. The number of nitro groups is 1. The van der Waals surface area contributed by atoms with Gasteiger partial charge in [-0.3, -0.25) is 19.4 Å². The normalized spacial score (nSPS) is 14.0. The summed E-state index contributed by atoms with van der Waals surface area (Å²) in [6, 6.07) is 12.0. The summed E-state index contributed by atoms with van der Waals surface area (Å²) < 4.78 is 30.1. The molecule has 0 spiro atoms. The zero-order valence-electron chi connectivity index (χ0n) is 24.4. The molecule has 0 aliphatic rings. The minimum atomic E-state index is -4.51. The smallest absolute Gasteiger partial charge is 0.460 e. The third kappa shape index (κ3) is 13.6. The highest BCUT2D eigenvalue weighted by Crippen LogP contribution is 2.46. The molecule has 3 unspecified atom stereocenters. The van der Waals surface area contributed by atoms with Crippen molar-refractivity contribution in [3.63, 3.8) is 0 Å². The number of esters is 1. The summed E-state index contributed by atoms with van der Waals surface area (Å²) in [4.78, 5) is 35.0. The van der Waals surface area contributed by atoms with Gasteiger partial charge in [0.25, 0.3) is 5.69 Å². The van der Waals surface area contributed by atoms with Crippen LogP contribution in [-0.2, 0) is 29.8 Å². The number of carbonyl (C=O) groups is 2. The Kier molecular flexibility index (Phi) is 15.8. The lowest BCUT2D eigenvalue weighted by Gasteiger charge is -2.25. The van der Waals surface area contributed by atoms with Gasteiger partial charge >= 0.3 is 19.7 Å². The van der Waals surface area contributed by atoms with Crippen molar-refractivity contribution in [3.8, 4) is 5.75 Å². The molecule has 0 aliphatic heterocycles.